The number of nitrogens with one attached hydrogen (secondary N) is 1. The van der Waals surface area contributed by atoms with Gasteiger partial charge in [-0.3, -0.25) is 4.79 Å². The average Bonchev–Trinajstić information content (AvgIpc) is 2.69. The van der Waals surface area contributed by atoms with E-state index < -0.39 is 5.97 Å². The van der Waals surface area contributed by atoms with Gasteiger partial charge in [0.1, 0.15) is 17.2 Å². The topological polar surface area (TPSA) is 77.5 Å². The van der Waals surface area contributed by atoms with E-state index in [2.05, 4.69) is 10.3 Å². The van der Waals surface area contributed by atoms with Crippen LogP contribution in [0.2, 0.25) is 0 Å². The number of anilines is 1. The van der Waals surface area contributed by atoms with Crippen molar-refractivity contribution in [2.45, 2.75) is 13.8 Å². The number of benzene rings is 2. The summed E-state index contributed by atoms with van der Waals surface area (Å²) in [6.07, 6.45) is 0. The third-order valence-electron chi connectivity index (χ3n) is 3.88. The van der Waals surface area contributed by atoms with Gasteiger partial charge in [0.05, 0.1) is 17.9 Å². The van der Waals surface area contributed by atoms with Crippen LogP contribution in [0.25, 0.3) is 0 Å². The highest BCUT2D eigenvalue weighted by atomic mass is 16.5. The monoisotopic (exact) mass is 376 g/mol. The molecule has 0 bridgehead atoms. The van der Waals surface area contributed by atoms with E-state index in [-0.39, 0.29) is 18.2 Å². The van der Waals surface area contributed by atoms with Gasteiger partial charge in [-0.1, -0.05) is 24.3 Å². The zero-order valence-electron chi connectivity index (χ0n) is 15.6. The van der Waals surface area contributed by atoms with Crippen molar-refractivity contribution in [3.8, 4) is 11.5 Å². The van der Waals surface area contributed by atoms with Gasteiger partial charge in [-0.2, -0.15) is 0 Å². The Kier molecular flexibility index (Phi) is 6.01. The van der Waals surface area contributed by atoms with E-state index in [1.807, 2.05) is 30.3 Å². The van der Waals surface area contributed by atoms with Crippen LogP contribution >= 0.6 is 0 Å². The first-order valence-corrected chi connectivity index (χ1v) is 8.86. The van der Waals surface area contributed by atoms with Crippen molar-refractivity contribution >= 4 is 17.6 Å². The molecule has 0 unspecified atom stereocenters. The van der Waals surface area contributed by atoms with Crippen molar-refractivity contribution in [3.63, 3.8) is 0 Å². The zero-order chi connectivity index (χ0) is 19.9. The van der Waals surface area contributed by atoms with Gasteiger partial charge in [0, 0.05) is 11.8 Å². The summed E-state index contributed by atoms with van der Waals surface area (Å²) in [5, 5.41) is 2.79. The van der Waals surface area contributed by atoms with Gasteiger partial charge in [-0.15, -0.1) is 0 Å². The molecule has 6 nitrogen and oxygen atoms in total. The number of rotatable bonds is 6. The Morgan fingerprint density at radius 2 is 1.71 bits per heavy atom. The number of carbonyl (C=O) groups excluding carboxylic acids is 2. The van der Waals surface area contributed by atoms with Crippen LogP contribution in [0.15, 0.2) is 66.7 Å². The number of aromatic nitrogens is 1. The fraction of sp³-hybridized carbons (Fsp3) is 0.136. The number of ether oxygens (including phenoxy) is 2. The van der Waals surface area contributed by atoms with Crippen LogP contribution in [-0.4, -0.2) is 23.5 Å². The number of esters is 1. The molecule has 3 aromatic rings. The third kappa shape index (κ3) is 4.73. The Bertz CT molecular complexity index is 987. The number of para-hydroxylation sites is 1. The molecule has 28 heavy (non-hydrogen) atoms. The Morgan fingerprint density at radius 3 is 2.43 bits per heavy atom. The van der Waals surface area contributed by atoms with Crippen molar-refractivity contribution in [2.24, 2.45) is 0 Å². The minimum atomic E-state index is -0.453. The van der Waals surface area contributed by atoms with Crippen LogP contribution in [0, 0.1) is 6.92 Å². The maximum Gasteiger partial charge on any atom is 0.339 e. The first-order valence-electron chi connectivity index (χ1n) is 8.86. The molecule has 0 atom stereocenters. The maximum atomic E-state index is 12.5. The molecule has 0 saturated heterocycles. The second kappa shape index (κ2) is 8.81. The molecule has 0 aliphatic carbocycles. The molecule has 142 valence electrons. The van der Waals surface area contributed by atoms with Crippen molar-refractivity contribution in [1.29, 1.82) is 0 Å². The Balaban J connectivity index is 1.72. The second-order valence-electron chi connectivity index (χ2n) is 5.95. The normalized spacial score (nSPS) is 10.2. The van der Waals surface area contributed by atoms with Crippen LogP contribution in [0.1, 0.15) is 33.5 Å². The number of carbonyl (C=O) groups is 2. The average molecular weight is 376 g/mol. The fourth-order valence-electron chi connectivity index (χ4n) is 2.57. The minimum absolute atomic E-state index is 0.208. The highest BCUT2D eigenvalue weighted by Crippen LogP contribution is 2.24. The molecule has 0 radical (unpaired) electrons. The van der Waals surface area contributed by atoms with Gasteiger partial charge < -0.3 is 14.8 Å². The minimum Gasteiger partial charge on any atom is -0.462 e. The van der Waals surface area contributed by atoms with Crippen molar-refractivity contribution in [1.82, 2.24) is 4.98 Å². The third-order valence-corrected chi connectivity index (χ3v) is 3.88. The standard InChI is InChI=1S/C22H20N2O4/c1-3-27-22(26)19-12-13-20(23-15(19)2)21(25)24-16-8-7-11-18(14-16)28-17-9-5-4-6-10-17/h4-14H,3H2,1-2H3,(H,24,25). The molecule has 3 rings (SSSR count). The summed E-state index contributed by atoms with van der Waals surface area (Å²) in [5.74, 6) is 0.476. The molecule has 1 N–H and O–H groups in total. The quantitative estimate of drug-likeness (QED) is 0.636. The Hall–Kier alpha value is -3.67. The Morgan fingerprint density at radius 1 is 0.964 bits per heavy atom. The molecule has 0 fully saturated rings. The summed E-state index contributed by atoms with van der Waals surface area (Å²) in [6, 6.07) is 19.5. The second-order valence-corrected chi connectivity index (χ2v) is 5.95. The SMILES string of the molecule is CCOC(=O)c1ccc(C(=O)Nc2cccc(Oc3ccccc3)c2)nc1C. The number of amides is 1. The van der Waals surface area contributed by atoms with Crippen LogP contribution < -0.4 is 10.1 Å². The molecule has 0 saturated carbocycles. The van der Waals surface area contributed by atoms with Crippen molar-refractivity contribution in [2.75, 3.05) is 11.9 Å². The molecule has 0 aliphatic rings. The van der Waals surface area contributed by atoms with E-state index in [4.69, 9.17) is 9.47 Å². The summed E-state index contributed by atoms with van der Waals surface area (Å²) in [7, 11) is 0. The van der Waals surface area contributed by atoms with E-state index in [0.29, 0.717) is 28.4 Å². The number of hydrogen-bond donors (Lipinski definition) is 1. The predicted molar refractivity (Wildman–Crippen MR) is 106 cm³/mol. The molecule has 1 heterocycles. The number of pyridine rings is 1. The zero-order valence-corrected chi connectivity index (χ0v) is 15.6. The largest absolute Gasteiger partial charge is 0.462 e. The fourth-order valence-corrected chi connectivity index (χ4v) is 2.57. The highest BCUT2D eigenvalue weighted by Gasteiger charge is 2.15. The van der Waals surface area contributed by atoms with Crippen LogP contribution in [0.4, 0.5) is 5.69 Å². The summed E-state index contributed by atoms with van der Waals surface area (Å²) in [4.78, 5) is 28.6. The van der Waals surface area contributed by atoms with E-state index >= 15 is 0 Å². The lowest BCUT2D eigenvalue weighted by atomic mass is 10.2. The van der Waals surface area contributed by atoms with Gasteiger partial charge in [-0.25, -0.2) is 9.78 Å². The van der Waals surface area contributed by atoms with E-state index in [1.54, 1.807) is 44.2 Å². The highest BCUT2D eigenvalue weighted by molar-refractivity contribution is 6.03. The Labute approximate surface area is 163 Å². The molecule has 1 amide bonds. The summed E-state index contributed by atoms with van der Waals surface area (Å²) in [5.41, 5.74) is 1.57. The lowest BCUT2D eigenvalue weighted by Crippen LogP contribution is -2.16. The predicted octanol–water partition coefficient (Wildman–Crippen LogP) is 4.61. The molecule has 0 spiro atoms. The lowest BCUT2D eigenvalue weighted by Gasteiger charge is -2.10. The van der Waals surface area contributed by atoms with Crippen LogP contribution in [-0.2, 0) is 4.74 Å². The number of aryl methyl sites for hydroxylation is 1. The van der Waals surface area contributed by atoms with Crippen molar-refractivity contribution < 1.29 is 19.1 Å². The van der Waals surface area contributed by atoms with Crippen molar-refractivity contribution in [3.05, 3.63) is 83.7 Å². The van der Waals surface area contributed by atoms with E-state index in [1.165, 1.54) is 6.07 Å². The summed E-state index contributed by atoms with van der Waals surface area (Å²) < 4.78 is 10.7. The molecule has 6 heteroatoms. The summed E-state index contributed by atoms with van der Waals surface area (Å²) >= 11 is 0. The summed E-state index contributed by atoms with van der Waals surface area (Å²) in [6.45, 7) is 3.68. The molecular weight excluding hydrogens is 356 g/mol. The van der Waals surface area contributed by atoms with Gasteiger partial charge in [0.15, 0.2) is 0 Å². The molecule has 0 aliphatic heterocycles. The molecular formula is C22H20N2O4. The maximum absolute atomic E-state index is 12.5. The van der Waals surface area contributed by atoms with Crippen LogP contribution in [0.5, 0.6) is 11.5 Å². The van der Waals surface area contributed by atoms with Gasteiger partial charge >= 0.3 is 5.97 Å². The molecule has 2 aromatic carbocycles. The number of hydrogen-bond acceptors (Lipinski definition) is 5. The first-order chi connectivity index (χ1) is 13.6. The van der Waals surface area contributed by atoms with Crippen LogP contribution in [0.3, 0.4) is 0 Å². The number of nitrogens with zero attached hydrogens (tertiary/aromatic N) is 1. The van der Waals surface area contributed by atoms with Gasteiger partial charge in [0.2, 0.25) is 0 Å². The van der Waals surface area contributed by atoms with E-state index in [0.717, 1.165) is 0 Å². The smallest absolute Gasteiger partial charge is 0.339 e. The first kappa shape index (κ1) is 19.1. The lowest BCUT2D eigenvalue weighted by molar-refractivity contribution is 0.0524. The van der Waals surface area contributed by atoms with E-state index in [9.17, 15) is 9.59 Å². The van der Waals surface area contributed by atoms with Gasteiger partial charge in [-0.05, 0) is 50.2 Å². The van der Waals surface area contributed by atoms with Gasteiger partial charge in [0.25, 0.3) is 5.91 Å². The molecule has 1 aromatic heterocycles.